The number of nitrogens with zero attached hydrogens (tertiary/aromatic N) is 1. The van der Waals surface area contributed by atoms with Crippen LogP contribution < -0.4 is 5.32 Å². The number of hydrogen-bond acceptors (Lipinski definition) is 2. The molecule has 4 rings (SSSR count). The first-order valence-corrected chi connectivity index (χ1v) is 8.38. The van der Waals surface area contributed by atoms with Gasteiger partial charge in [0.2, 0.25) is 0 Å². The summed E-state index contributed by atoms with van der Waals surface area (Å²) in [5.74, 6) is -0.125. The van der Waals surface area contributed by atoms with Crippen molar-refractivity contribution in [1.29, 1.82) is 0 Å². The van der Waals surface area contributed by atoms with Crippen molar-refractivity contribution in [3.05, 3.63) is 70.8 Å². The van der Waals surface area contributed by atoms with Crippen molar-refractivity contribution in [2.75, 3.05) is 0 Å². The van der Waals surface area contributed by atoms with Gasteiger partial charge >= 0.3 is 6.03 Å². The minimum Gasteiger partial charge on any atom is -0.319 e. The Labute approximate surface area is 141 Å². The highest BCUT2D eigenvalue weighted by Crippen LogP contribution is 2.40. The number of hydrogen-bond donors (Lipinski definition) is 1. The predicted octanol–water partition coefficient (Wildman–Crippen LogP) is 3.28. The van der Waals surface area contributed by atoms with Gasteiger partial charge in [0, 0.05) is 0 Å². The molecule has 4 nitrogen and oxygen atoms in total. The Balaban J connectivity index is 1.68. The van der Waals surface area contributed by atoms with E-state index in [9.17, 15) is 9.59 Å². The molecule has 1 fully saturated rings. The van der Waals surface area contributed by atoms with Gasteiger partial charge in [-0.25, -0.2) is 4.79 Å². The molecular formula is C20H20N2O2. The molecule has 0 saturated carbocycles. The number of benzene rings is 2. The fraction of sp³-hybridized carbons (Fsp3) is 0.300. The smallest absolute Gasteiger partial charge is 0.319 e. The second kappa shape index (κ2) is 5.48. The quantitative estimate of drug-likeness (QED) is 0.863. The molecule has 1 atom stereocenters. The number of amides is 3. The van der Waals surface area contributed by atoms with Crippen LogP contribution in [0.2, 0.25) is 0 Å². The van der Waals surface area contributed by atoms with Crippen LogP contribution in [0, 0.1) is 6.92 Å². The molecule has 2 aliphatic rings. The minimum absolute atomic E-state index is 0.125. The number of imide groups is 1. The molecule has 0 bridgehead atoms. The molecule has 122 valence electrons. The Bertz CT molecular complexity index is 813. The molecule has 1 aliphatic heterocycles. The summed E-state index contributed by atoms with van der Waals surface area (Å²) in [5.41, 5.74) is 3.37. The Morgan fingerprint density at radius 1 is 1.08 bits per heavy atom. The number of carbonyl (C=O) groups excluding carboxylic acids is 2. The fourth-order valence-corrected chi connectivity index (χ4v) is 3.83. The van der Waals surface area contributed by atoms with Gasteiger partial charge in [-0.3, -0.25) is 9.69 Å². The van der Waals surface area contributed by atoms with E-state index in [1.807, 2.05) is 49.4 Å². The maximum Gasteiger partial charge on any atom is 0.325 e. The van der Waals surface area contributed by atoms with Crippen molar-refractivity contribution < 1.29 is 9.59 Å². The van der Waals surface area contributed by atoms with Crippen LogP contribution in [0.1, 0.15) is 35.1 Å². The molecule has 0 aromatic heterocycles. The van der Waals surface area contributed by atoms with E-state index in [2.05, 4.69) is 11.4 Å². The molecule has 0 radical (unpaired) electrons. The normalized spacial score (nSPS) is 22.6. The lowest BCUT2D eigenvalue weighted by molar-refractivity contribution is -0.132. The number of aryl methyl sites for hydroxylation is 2. The van der Waals surface area contributed by atoms with Gasteiger partial charge in [0.25, 0.3) is 5.91 Å². The molecule has 0 unspecified atom stereocenters. The summed E-state index contributed by atoms with van der Waals surface area (Å²) in [7, 11) is 0. The first-order valence-electron chi connectivity index (χ1n) is 8.38. The van der Waals surface area contributed by atoms with Crippen LogP contribution in [-0.4, -0.2) is 16.8 Å². The van der Waals surface area contributed by atoms with Gasteiger partial charge < -0.3 is 5.32 Å². The van der Waals surface area contributed by atoms with Gasteiger partial charge in [0.15, 0.2) is 0 Å². The highest BCUT2D eigenvalue weighted by Gasteiger charge is 2.53. The molecule has 2 aromatic rings. The first-order chi connectivity index (χ1) is 11.6. The molecule has 24 heavy (non-hydrogen) atoms. The van der Waals surface area contributed by atoms with Crippen LogP contribution in [0.5, 0.6) is 0 Å². The van der Waals surface area contributed by atoms with E-state index in [0.29, 0.717) is 13.0 Å². The zero-order valence-corrected chi connectivity index (χ0v) is 13.7. The monoisotopic (exact) mass is 320 g/mol. The molecule has 1 saturated heterocycles. The SMILES string of the molecule is Cc1ccc(CN2C(=O)N[C@@]3(CCCc4ccccc43)C2=O)cc1. The standard InChI is InChI=1S/C20H20N2O2/c1-14-8-10-15(11-9-14)13-22-18(23)20(21-19(22)24)12-4-6-16-5-2-3-7-17(16)20/h2-3,5,7-11H,4,6,12-13H2,1H3,(H,21,24)/t20-/m1/s1. The summed E-state index contributed by atoms with van der Waals surface area (Å²) < 4.78 is 0. The number of nitrogens with one attached hydrogen (secondary N) is 1. The molecule has 3 amide bonds. The Kier molecular flexibility index (Phi) is 3.41. The third-order valence-electron chi connectivity index (χ3n) is 5.11. The van der Waals surface area contributed by atoms with Crippen molar-refractivity contribution in [2.45, 2.75) is 38.3 Å². The molecule has 1 aliphatic carbocycles. The van der Waals surface area contributed by atoms with Crippen LogP contribution >= 0.6 is 0 Å². The lowest BCUT2D eigenvalue weighted by Crippen LogP contribution is -2.46. The van der Waals surface area contributed by atoms with Gasteiger partial charge in [-0.05, 0) is 42.9 Å². The number of rotatable bonds is 2. The van der Waals surface area contributed by atoms with E-state index in [1.165, 1.54) is 4.90 Å². The summed E-state index contributed by atoms with van der Waals surface area (Å²) in [6, 6.07) is 15.6. The van der Waals surface area contributed by atoms with E-state index in [-0.39, 0.29) is 11.9 Å². The minimum atomic E-state index is -0.878. The zero-order valence-electron chi connectivity index (χ0n) is 13.7. The van der Waals surface area contributed by atoms with Gasteiger partial charge in [0.05, 0.1) is 6.54 Å². The number of urea groups is 1. The summed E-state index contributed by atoms with van der Waals surface area (Å²) >= 11 is 0. The first kappa shape index (κ1) is 14.9. The van der Waals surface area contributed by atoms with Crippen LogP contribution in [0.15, 0.2) is 48.5 Å². The molecule has 1 N–H and O–H groups in total. The van der Waals surface area contributed by atoms with E-state index >= 15 is 0 Å². The van der Waals surface area contributed by atoms with Crippen LogP contribution in [-0.2, 0) is 23.3 Å². The lowest BCUT2D eigenvalue weighted by atomic mass is 9.76. The van der Waals surface area contributed by atoms with Crippen molar-refractivity contribution in [2.24, 2.45) is 0 Å². The summed E-state index contributed by atoms with van der Waals surface area (Å²) in [4.78, 5) is 27.1. The highest BCUT2D eigenvalue weighted by atomic mass is 16.2. The Hall–Kier alpha value is -2.62. The largest absolute Gasteiger partial charge is 0.325 e. The number of fused-ring (bicyclic) bond motifs is 2. The molecule has 1 spiro atoms. The number of carbonyl (C=O) groups is 2. The predicted molar refractivity (Wildman–Crippen MR) is 91.3 cm³/mol. The van der Waals surface area contributed by atoms with E-state index in [1.54, 1.807) is 0 Å². The molecular weight excluding hydrogens is 300 g/mol. The Morgan fingerprint density at radius 3 is 2.62 bits per heavy atom. The summed E-state index contributed by atoms with van der Waals surface area (Å²) in [6.45, 7) is 2.33. The van der Waals surface area contributed by atoms with Crippen molar-refractivity contribution in [3.63, 3.8) is 0 Å². The maximum absolute atomic E-state index is 13.2. The zero-order chi connectivity index (χ0) is 16.7. The lowest BCUT2D eigenvalue weighted by Gasteiger charge is -2.33. The average molecular weight is 320 g/mol. The third-order valence-corrected chi connectivity index (χ3v) is 5.11. The van der Waals surface area contributed by atoms with Crippen LogP contribution in [0.25, 0.3) is 0 Å². The highest BCUT2D eigenvalue weighted by molar-refractivity contribution is 6.07. The van der Waals surface area contributed by atoms with Gasteiger partial charge in [-0.1, -0.05) is 54.1 Å². The average Bonchev–Trinajstić information content (AvgIpc) is 2.82. The summed E-state index contributed by atoms with van der Waals surface area (Å²) in [6.07, 6.45) is 2.53. The van der Waals surface area contributed by atoms with Crippen LogP contribution in [0.4, 0.5) is 4.79 Å². The van der Waals surface area contributed by atoms with E-state index in [4.69, 9.17) is 0 Å². The summed E-state index contributed by atoms with van der Waals surface area (Å²) in [5, 5.41) is 2.99. The van der Waals surface area contributed by atoms with Crippen LogP contribution in [0.3, 0.4) is 0 Å². The molecule has 2 aromatic carbocycles. The fourth-order valence-electron chi connectivity index (χ4n) is 3.83. The van der Waals surface area contributed by atoms with Gasteiger partial charge in [-0.15, -0.1) is 0 Å². The second-order valence-electron chi connectivity index (χ2n) is 6.72. The second-order valence-corrected chi connectivity index (χ2v) is 6.72. The van der Waals surface area contributed by atoms with E-state index in [0.717, 1.165) is 35.1 Å². The third kappa shape index (κ3) is 2.21. The van der Waals surface area contributed by atoms with Crippen molar-refractivity contribution in [3.8, 4) is 0 Å². The van der Waals surface area contributed by atoms with Crippen molar-refractivity contribution >= 4 is 11.9 Å². The van der Waals surface area contributed by atoms with Gasteiger partial charge in [-0.2, -0.15) is 0 Å². The molecule has 4 heteroatoms. The van der Waals surface area contributed by atoms with Gasteiger partial charge in [0.1, 0.15) is 5.54 Å². The van der Waals surface area contributed by atoms with E-state index < -0.39 is 5.54 Å². The maximum atomic E-state index is 13.2. The van der Waals surface area contributed by atoms with Crippen molar-refractivity contribution in [1.82, 2.24) is 10.2 Å². The Morgan fingerprint density at radius 2 is 1.83 bits per heavy atom. The topological polar surface area (TPSA) is 49.4 Å². The molecule has 1 heterocycles.